The van der Waals surface area contributed by atoms with Crippen molar-refractivity contribution < 1.29 is 38.3 Å². The van der Waals surface area contributed by atoms with E-state index in [0.717, 1.165) is 27.6 Å². The van der Waals surface area contributed by atoms with Gasteiger partial charge in [-0.15, -0.1) is 0 Å². The molecule has 4 aromatic rings. The maximum atomic E-state index is 13.4. The van der Waals surface area contributed by atoms with E-state index in [1.807, 2.05) is 30.3 Å². The third-order valence-electron chi connectivity index (χ3n) is 7.49. The number of pyridine rings is 1. The lowest BCUT2D eigenvalue weighted by atomic mass is 9.69. The Bertz CT molecular complexity index is 1680. The molecule has 204 valence electrons. The molecule has 2 atom stereocenters. The first kappa shape index (κ1) is 25.4. The van der Waals surface area contributed by atoms with E-state index in [-0.39, 0.29) is 18.3 Å². The van der Waals surface area contributed by atoms with Gasteiger partial charge in [0.1, 0.15) is 0 Å². The van der Waals surface area contributed by atoms with E-state index in [0.29, 0.717) is 34.1 Å². The molecule has 2 aliphatic rings. The Balaban J connectivity index is 1.70. The lowest BCUT2D eigenvalue weighted by Crippen LogP contribution is -2.25. The second-order valence-electron chi connectivity index (χ2n) is 9.40. The van der Waals surface area contributed by atoms with Crippen molar-refractivity contribution in [3.63, 3.8) is 0 Å². The number of hydrogen-bond donors (Lipinski definition) is 1. The number of methoxy groups -OCH3 is 4. The van der Waals surface area contributed by atoms with Crippen LogP contribution in [0.25, 0.3) is 16.8 Å². The van der Waals surface area contributed by atoms with Gasteiger partial charge in [0, 0.05) is 34.6 Å². The second kappa shape index (κ2) is 10.00. The van der Waals surface area contributed by atoms with E-state index < -0.39 is 17.8 Å². The van der Waals surface area contributed by atoms with Gasteiger partial charge in [-0.1, -0.05) is 12.1 Å². The quantitative estimate of drug-likeness (QED) is 0.331. The fourth-order valence-corrected chi connectivity index (χ4v) is 5.69. The van der Waals surface area contributed by atoms with E-state index in [2.05, 4.69) is 0 Å². The van der Waals surface area contributed by atoms with Gasteiger partial charge in [-0.2, -0.15) is 0 Å². The minimum absolute atomic E-state index is 0.00925. The molecule has 9 nitrogen and oxygen atoms in total. The van der Waals surface area contributed by atoms with Crippen molar-refractivity contribution in [2.24, 2.45) is 0 Å². The van der Waals surface area contributed by atoms with Crippen LogP contribution in [-0.4, -0.2) is 51.3 Å². The number of fused-ring (bicyclic) bond motifs is 3. The molecule has 6 rings (SSSR count). The van der Waals surface area contributed by atoms with Crippen LogP contribution in [0, 0.1) is 0 Å². The normalized spacial score (nSPS) is 17.1. The van der Waals surface area contributed by atoms with Crippen LogP contribution < -0.4 is 23.7 Å². The first-order valence-corrected chi connectivity index (χ1v) is 12.6. The van der Waals surface area contributed by atoms with Gasteiger partial charge in [0.15, 0.2) is 34.5 Å². The minimum Gasteiger partial charge on any atom is -0.504 e. The number of carbonyl (C=O) groups excluding carboxylic acids is 1. The number of aromatic nitrogens is 1. The largest absolute Gasteiger partial charge is 0.504 e. The number of carbonyl (C=O) groups is 1. The molecule has 1 aromatic heterocycles. The van der Waals surface area contributed by atoms with Gasteiger partial charge in [-0.25, -0.2) is 4.79 Å². The molecule has 40 heavy (non-hydrogen) atoms. The van der Waals surface area contributed by atoms with E-state index in [9.17, 15) is 9.90 Å². The lowest BCUT2D eigenvalue weighted by Gasteiger charge is -2.35. The molecular weight excluding hydrogens is 514 g/mol. The standard InChI is InChI=1S/C31H27NO8/c1-35-23-8-6-18-20(30(23)37-3)13-21(31(34)38-4)27(17-5-7-22(33)24(12-17)36-2)28(18)29-19-14-26-25(39-15-40-26)11-16(19)9-10-32-29/h5-14,27-28,33H,15H2,1-4H3/t27-,28+/m1/s1. The predicted octanol–water partition coefficient (Wildman–Crippen LogP) is 5.18. The van der Waals surface area contributed by atoms with Crippen molar-refractivity contribution in [3.8, 4) is 34.5 Å². The summed E-state index contributed by atoms with van der Waals surface area (Å²) in [7, 11) is 5.96. The number of phenols is 1. The molecule has 1 aliphatic heterocycles. The van der Waals surface area contributed by atoms with Crippen molar-refractivity contribution in [1.82, 2.24) is 4.98 Å². The van der Waals surface area contributed by atoms with Crippen LogP contribution in [0.2, 0.25) is 0 Å². The fraction of sp³-hybridized carbons (Fsp3) is 0.226. The number of phenolic OH excluding ortho intramolecular Hbond substituents is 1. The van der Waals surface area contributed by atoms with Gasteiger partial charge in [0.2, 0.25) is 6.79 Å². The Labute approximate surface area is 230 Å². The zero-order valence-corrected chi connectivity index (χ0v) is 22.4. The first-order valence-electron chi connectivity index (χ1n) is 12.6. The Morgan fingerprint density at radius 2 is 1.68 bits per heavy atom. The minimum atomic E-state index is -0.559. The molecule has 0 unspecified atom stereocenters. The Morgan fingerprint density at radius 1 is 0.900 bits per heavy atom. The monoisotopic (exact) mass is 541 g/mol. The van der Waals surface area contributed by atoms with Crippen LogP contribution in [0.1, 0.15) is 34.2 Å². The van der Waals surface area contributed by atoms with Crippen LogP contribution in [0.15, 0.2) is 60.3 Å². The third-order valence-corrected chi connectivity index (χ3v) is 7.49. The summed E-state index contributed by atoms with van der Waals surface area (Å²) in [5.74, 6) is 1.04. The number of rotatable bonds is 6. The summed E-state index contributed by atoms with van der Waals surface area (Å²) < 4.78 is 33.4. The highest BCUT2D eigenvalue weighted by Crippen LogP contribution is 2.54. The average Bonchev–Trinajstić information content (AvgIpc) is 3.45. The average molecular weight is 542 g/mol. The summed E-state index contributed by atoms with van der Waals surface area (Å²) in [6.45, 7) is 0.142. The van der Waals surface area contributed by atoms with Gasteiger partial charge in [-0.05, 0) is 59.0 Å². The van der Waals surface area contributed by atoms with Crippen molar-refractivity contribution in [3.05, 3.63) is 82.7 Å². The smallest absolute Gasteiger partial charge is 0.334 e. The number of nitrogens with zero attached hydrogens (tertiary/aromatic N) is 1. The SMILES string of the molecule is COC(=O)C1=Cc2c(ccc(OC)c2OC)[C@H](c2nccc3cc4c(cc23)OCO4)[C@@H]1c1ccc(O)c(OC)c1. The van der Waals surface area contributed by atoms with Crippen molar-refractivity contribution in [2.45, 2.75) is 11.8 Å². The third kappa shape index (κ3) is 3.93. The summed E-state index contributed by atoms with van der Waals surface area (Å²) in [6.07, 6.45) is 3.52. The Hall–Kier alpha value is -4.92. The molecule has 0 saturated heterocycles. The highest BCUT2D eigenvalue weighted by atomic mass is 16.7. The molecule has 0 fully saturated rings. The van der Waals surface area contributed by atoms with Crippen LogP contribution in [0.4, 0.5) is 0 Å². The van der Waals surface area contributed by atoms with Crippen molar-refractivity contribution >= 4 is 22.8 Å². The zero-order chi connectivity index (χ0) is 28.0. The Morgan fingerprint density at radius 3 is 2.40 bits per heavy atom. The first-order chi connectivity index (χ1) is 19.5. The molecule has 2 heterocycles. The molecule has 0 amide bonds. The van der Waals surface area contributed by atoms with Crippen LogP contribution in [0.5, 0.6) is 34.5 Å². The van der Waals surface area contributed by atoms with Gasteiger partial charge in [0.05, 0.1) is 34.1 Å². The molecule has 0 bridgehead atoms. The summed E-state index contributed by atoms with van der Waals surface area (Å²) in [4.78, 5) is 18.3. The number of ether oxygens (including phenoxy) is 6. The van der Waals surface area contributed by atoms with Gasteiger partial charge < -0.3 is 33.5 Å². The molecule has 3 aromatic carbocycles. The van der Waals surface area contributed by atoms with Crippen LogP contribution >= 0.6 is 0 Å². The maximum Gasteiger partial charge on any atom is 0.334 e. The predicted molar refractivity (Wildman–Crippen MR) is 147 cm³/mol. The van der Waals surface area contributed by atoms with Crippen LogP contribution in [0.3, 0.4) is 0 Å². The fourth-order valence-electron chi connectivity index (χ4n) is 5.69. The highest BCUT2D eigenvalue weighted by Gasteiger charge is 2.41. The molecule has 0 spiro atoms. The van der Waals surface area contributed by atoms with Crippen molar-refractivity contribution in [1.29, 1.82) is 0 Å². The summed E-state index contributed by atoms with van der Waals surface area (Å²) in [5.41, 5.74) is 3.40. The Kier molecular flexibility index (Phi) is 6.34. The molecule has 1 N–H and O–H groups in total. The van der Waals surface area contributed by atoms with Crippen LogP contribution in [-0.2, 0) is 9.53 Å². The number of hydrogen-bond acceptors (Lipinski definition) is 9. The summed E-state index contributed by atoms with van der Waals surface area (Å²) >= 11 is 0. The van der Waals surface area contributed by atoms with E-state index in [1.165, 1.54) is 14.2 Å². The van der Waals surface area contributed by atoms with Crippen molar-refractivity contribution in [2.75, 3.05) is 35.2 Å². The summed E-state index contributed by atoms with van der Waals surface area (Å²) in [6, 6.07) is 14.6. The lowest BCUT2D eigenvalue weighted by molar-refractivity contribution is -0.136. The molecule has 0 radical (unpaired) electrons. The molecular formula is C31H27NO8. The number of aromatic hydroxyl groups is 1. The zero-order valence-electron chi connectivity index (χ0n) is 22.4. The van der Waals surface area contributed by atoms with E-state index in [4.69, 9.17) is 33.4 Å². The molecule has 1 aliphatic carbocycles. The van der Waals surface area contributed by atoms with E-state index in [1.54, 1.807) is 44.7 Å². The molecule has 9 heteroatoms. The highest BCUT2D eigenvalue weighted by molar-refractivity contribution is 5.99. The van der Waals surface area contributed by atoms with E-state index >= 15 is 0 Å². The topological polar surface area (TPSA) is 106 Å². The van der Waals surface area contributed by atoms with Gasteiger partial charge >= 0.3 is 5.97 Å². The summed E-state index contributed by atoms with van der Waals surface area (Å²) in [5, 5.41) is 12.1. The second-order valence-corrected chi connectivity index (χ2v) is 9.40. The van der Waals surface area contributed by atoms with Gasteiger partial charge in [0.25, 0.3) is 0 Å². The number of benzene rings is 3. The maximum absolute atomic E-state index is 13.4. The molecule has 0 saturated carbocycles. The number of esters is 1. The van der Waals surface area contributed by atoms with Gasteiger partial charge in [-0.3, -0.25) is 4.98 Å².